The second-order valence-corrected chi connectivity index (χ2v) is 7.69. The lowest BCUT2D eigenvalue weighted by atomic mass is 9.97. The van der Waals surface area contributed by atoms with Gasteiger partial charge in [-0.05, 0) is 50.3 Å². The molecule has 3 rings (SSSR count). The van der Waals surface area contributed by atoms with Crippen LogP contribution in [0.2, 0.25) is 0 Å². The summed E-state index contributed by atoms with van der Waals surface area (Å²) in [5, 5.41) is 3.42. The molecular weight excluding hydrogens is 270 g/mol. The molecule has 0 radical (unpaired) electrons. The van der Waals surface area contributed by atoms with E-state index >= 15 is 0 Å². The highest BCUT2D eigenvalue weighted by molar-refractivity contribution is 7.91. The van der Waals surface area contributed by atoms with Crippen molar-refractivity contribution < 1.29 is 8.42 Å². The highest BCUT2D eigenvalue weighted by Crippen LogP contribution is 2.33. The third-order valence-electron chi connectivity index (χ3n) is 4.24. The maximum absolute atomic E-state index is 12.1. The Bertz CT molecular complexity index is 619. The first kappa shape index (κ1) is 13.8. The zero-order valence-corrected chi connectivity index (χ0v) is 12.5. The summed E-state index contributed by atoms with van der Waals surface area (Å²) in [6.45, 7) is 0.861. The van der Waals surface area contributed by atoms with Gasteiger partial charge in [0.2, 0.25) is 0 Å². The third kappa shape index (κ3) is 2.81. The van der Waals surface area contributed by atoms with Gasteiger partial charge in [-0.1, -0.05) is 29.8 Å². The van der Waals surface area contributed by atoms with Gasteiger partial charge in [-0.3, -0.25) is 0 Å². The van der Waals surface area contributed by atoms with E-state index in [2.05, 4.69) is 11.4 Å². The van der Waals surface area contributed by atoms with Crippen molar-refractivity contribution in [2.45, 2.75) is 43.0 Å². The molecule has 2 aliphatic rings. The molecule has 1 aromatic rings. The van der Waals surface area contributed by atoms with Crippen molar-refractivity contribution in [2.75, 3.05) is 12.3 Å². The molecule has 108 valence electrons. The monoisotopic (exact) mass is 291 g/mol. The minimum absolute atomic E-state index is 0.0413. The maximum Gasteiger partial charge on any atom is 0.180 e. The van der Waals surface area contributed by atoms with Crippen LogP contribution in [0.3, 0.4) is 0 Å². The Morgan fingerprint density at radius 2 is 2.05 bits per heavy atom. The number of hydrogen-bond donors (Lipinski definition) is 1. The van der Waals surface area contributed by atoms with Crippen molar-refractivity contribution in [2.24, 2.45) is 0 Å². The topological polar surface area (TPSA) is 46.2 Å². The fourth-order valence-electron chi connectivity index (χ4n) is 3.16. The predicted molar refractivity (Wildman–Crippen MR) is 80.4 cm³/mol. The summed E-state index contributed by atoms with van der Waals surface area (Å²) in [4.78, 5) is 0.509. The van der Waals surface area contributed by atoms with Crippen LogP contribution in [0.1, 0.15) is 43.7 Å². The Balaban J connectivity index is 1.63. The van der Waals surface area contributed by atoms with Crippen molar-refractivity contribution in [1.82, 2.24) is 5.32 Å². The van der Waals surface area contributed by atoms with Crippen molar-refractivity contribution in [1.29, 1.82) is 0 Å². The number of nitrogens with one attached hydrogen (secondary N) is 1. The van der Waals surface area contributed by atoms with E-state index in [0.29, 0.717) is 4.90 Å². The van der Waals surface area contributed by atoms with Crippen LogP contribution in [0.5, 0.6) is 0 Å². The summed E-state index contributed by atoms with van der Waals surface area (Å²) in [7, 11) is -3.09. The lowest BCUT2D eigenvalue weighted by molar-refractivity contribution is 0.558. The summed E-state index contributed by atoms with van der Waals surface area (Å²) in [6, 6.07) is 7.32. The Kier molecular flexibility index (Phi) is 3.94. The minimum atomic E-state index is -3.09. The Hall–Kier alpha value is -1.13. The quantitative estimate of drug-likeness (QED) is 0.867. The molecule has 1 aromatic carbocycles. The molecule has 1 aliphatic heterocycles. The van der Waals surface area contributed by atoms with Gasteiger partial charge in [0.15, 0.2) is 9.84 Å². The first-order chi connectivity index (χ1) is 9.67. The Morgan fingerprint density at radius 3 is 2.85 bits per heavy atom. The summed E-state index contributed by atoms with van der Waals surface area (Å²) < 4.78 is 24.2. The third-order valence-corrected chi connectivity index (χ3v) is 6.05. The van der Waals surface area contributed by atoms with Gasteiger partial charge in [-0.15, -0.1) is 0 Å². The smallest absolute Gasteiger partial charge is 0.180 e. The van der Waals surface area contributed by atoms with Crippen molar-refractivity contribution in [3.05, 3.63) is 41.5 Å². The molecule has 1 aliphatic carbocycles. The summed E-state index contributed by atoms with van der Waals surface area (Å²) in [6.07, 6.45) is 8.41. The summed E-state index contributed by atoms with van der Waals surface area (Å²) >= 11 is 0. The first-order valence-corrected chi connectivity index (χ1v) is 9.05. The normalized spacial score (nSPS) is 24.2. The van der Waals surface area contributed by atoms with Crippen LogP contribution in [-0.2, 0) is 9.84 Å². The van der Waals surface area contributed by atoms with Crippen LogP contribution in [0.25, 0.3) is 0 Å². The average molecular weight is 291 g/mol. The van der Waals surface area contributed by atoms with Crippen molar-refractivity contribution in [3.8, 4) is 0 Å². The van der Waals surface area contributed by atoms with Gasteiger partial charge in [-0.2, -0.15) is 0 Å². The molecule has 4 heteroatoms. The van der Waals surface area contributed by atoms with Gasteiger partial charge < -0.3 is 5.32 Å². The van der Waals surface area contributed by atoms with Crippen LogP contribution in [0.15, 0.2) is 40.8 Å². The second kappa shape index (κ2) is 5.70. The molecule has 3 nitrogen and oxygen atoms in total. The van der Waals surface area contributed by atoms with Gasteiger partial charge in [0.1, 0.15) is 0 Å². The Morgan fingerprint density at radius 1 is 1.20 bits per heavy atom. The van der Waals surface area contributed by atoms with E-state index < -0.39 is 9.84 Å². The van der Waals surface area contributed by atoms with Crippen LogP contribution in [0.4, 0.5) is 0 Å². The van der Waals surface area contributed by atoms with E-state index in [1.54, 1.807) is 12.1 Å². The van der Waals surface area contributed by atoms with Gasteiger partial charge in [-0.25, -0.2) is 8.42 Å². The average Bonchev–Trinajstić information content (AvgIpc) is 2.72. The summed E-state index contributed by atoms with van der Waals surface area (Å²) in [5.74, 6) is 0.200. The van der Waals surface area contributed by atoms with Gasteiger partial charge in [0.05, 0.1) is 10.6 Å². The van der Waals surface area contributed by atoms with Gasteiger partial charge in [0, 0.05) is 6.04 Å². The van der Waals surface area contributed by atoms with Crippen LogP contribution in [-0.4, -0.2) is 20.7 Å². The molecule has 1 atom stereocenters. The molecule has 0 saturated carbocycles. The van der Waals surface area contributed by atoms with E-state index in [1.807, 2.05) is 12.1 Å². The fraction of sp³-hybridized carbons (Fsp3) is 0.500. The zero-order valence-electron chi connectivity index (χ0n) is 11.6. The number of sulfone groups is 1. The number of benzene rings is 1. The zero-order chi connectivity index (χ0) is 14.0. The molecule has 0 bridgehead atoms. The SMILES string of the molecule is O=S1(=O)CC(NCCC2=CCCCC2)c2ccccc21. The number of fused-ring (bicyclic) bond motifs is 1. The van der Waals surface area contributed by atoms with E-state index in [4.69, 9.17) is 0 Å². The van der Waals surface area contributed by atoms with Crippen LogP contribution in [0, 0.1) is 0 Å². The maximum atomic E-state index is 12.1. The molecule has 1 unspecified atom stereocenters. The van der Waals surface area contributed by atoms with E-state index in [0.717, 1.165) is 18.5 Å². The minimum Gasteiger partial charge on any atom is -0.309 e. The first-order valence-electron chi connectivity index (χ1n) is 7.40. The fourth-order valence-corrected chi connectivity index (χ4v) is 4.93. The molecule has 1 heterocycles. The molecule has 0 amide bonds. The van der Waals surface area contributed by atoms with E-state index in [9.17, 15) is 8.42 Å². The highest BCUT2D eigenvalue weighted by Gasteiger charge is 2.33. The van der Waals surface area contributed by atoms with E-state index in [-0.39, 0.29) is 11.8 Å². The Labute approximate surface area is 121 Å². The van der Waals surface area contributed by atoms with Crippen LogP contribution >= 0.6 is 0 Å². The molecule has 0 fully saturated rings. The van der Waals surface area contributed by atoms with E-state index in [1.165, 1.54) is 31.3 Å². The number of rotatable bonds is 4. The standard InChI is InChI=1S/C16H21NO2S/c18-20(19)12-15(14-8-4-5-9-16(14)20)17-11-10-13-6-2-1-3-7-13/h4-6,8-9,15,17H,1-3,7,10-12H2. The van der Waals surface area contributed by atoms with Crippen molar-refractivity contribution in [3.63, 3.8) is 0 Å². The number of allylic oxidation sites excluding steroid dienone is 1. The highest BCUT2D eigenvalue weighted by atomic mass is 32.2. The van der Waals surface area contributed by atoms with Crippen molar-refractivity contribution >= 4 is 9.84 Å². The molecule has 0 spiro atoms. The number of hydrogen-bond acceptors (Lipinski definition) is 3. The molecule has 1 N–H and O–H groups in total. The van der Waals surface area contributed by atoms with Gasteiger partial charge in [0.25, 0.3) is 0 Å². The molecular formula is C16H21NO2S. The molecule has 20 heavy (non-hydrogen) atoms. The lowest BCUT2D eigenvalue weighted by Crippen LogP contribution is -2.24. The molecule has 0 saturated heterocycles. The van der Waals surface area contributed by atoms with Gasteiger partial charge >= 0.3 is 0 Å². The summed E-state index contributed by atoms with van der Waals surface area (Å²) in [5.41, 5.74) is 2.46. The largest absolute Gasteiger partial charge is 0.309 e. The molecule has 0 aromatic heterocycles. The second-order valence-electron chi connectivity index (χ2n) is 5.68. The predicted octanol–water partition coefficient (Wildman–Crippen LogP) is 3.00. The lowest BCUT2D eigenvalue weighted by Gasteiger charge is -2.16. The van der Waals surface area contributed by atoms with Crippen LogP contribution < -0.4 is 5.32 Å².